The maximum Gasteiger partial charge on any atom is 0.326 e. The highest BCUT2D eigenvalue weighted by atomic mass is 32.2. The minimum Gasteiger partial charge on any atom is -0.480 e. The molecule has 3 rings (SSSR count). The average molecular weight is 584 g/mol. The number of para-hydroxylation sites is 1. The maximum absolute atomic E-state index is 13.2. The van der Waals surface area contributed by atoms with E-state index in [1.807, 2.05) is 30.5 Å². The third-order valence-electron chi connectivity index (χ3n) is 6.66. The van der Waals surface area contributed by atoms with E-state index in [-0.39, 0.29) is 19.3 Å². The molecule has 0 radical (unpaired) electrons. The van der Waals surface area contributed by atoms with E-state index in [9.17, 15) is 29.4 Å². The number of carboxylic acid groups (broad SMARTS) is 1. The Labute approximate surface area is 242 Å². The highest BCUT2D eigenvalue weighted by Crippen LogP contribution is 2.19. The van der Waals surface area contributed by atoms with Gasteiger partial charge in [-0.1, -0.05) is 48.5 Å². The number of hydrogen-bond donors (Lipinski definition) is 7. The van der Waals surface area contributed by atoms with Crippen LogP contribution in [0.15, 0.2) is 60.8 Å². The molecule has 1 aromatic heterocycles. The molecule has 0 aliphatic rings. The molecular formula is C29H37N5O6S. The predicted octanol–water partition coefficient (Wildman–Crippen LogP) is 0.953. The summed E-state index contributed by atoms with van der Waals surface area (Å²) >= 11 is 1.45. The summed E-state index contributed by atoms with van der Waals surface area (Å²) in [5.41, 5.74) is 8.61. The summed E-state index contributed by atoms with van der Waals surface area (Å²) in [7, 11) is 0. The molecule has 0 aliphatic carbocycles. The van der Waals surface area contributed by atoms with Crippen LogP contribution in [0.4, 0.5) is 0 Å². The van der Waals surface area contributed by atoms with Crippen molar-refractivity contribution in [2.45, 2.75) is 56.5 Å². The fourth-order valence-electron chi connectivity index (χ4n) is 4.38. The lowest BCUT2D eigenvalue weighted by molar-refractivity contribution is -0.142. The van der Waals surface area contributed by atoms with Gasteiger partial charge in [-0.05, 0) is 49.0 Å². The Kier molecular flexibility index (Phi) is 11.7. The van der Waals surface area contributed by atoms with Crippen LogP contribution in [0.25, 0.3) is 10.9 Å². The number of carbonyl (C=O) groups excluding carboxylic acids is 3. The maximum atomic E-state index is 13.2. The Hall–Kier alpha value is -3.87. The zero-order valence-electron chi connectivity index (χ0n) is 23.0. The number of aliphatic hydroxyl groups excluding tert-OH is 1. The van der Waals surface area contributed by atoms with Crippen LogP contribution in [0.2, 0.25) is 0 Å². The number of aliphatic carboxylic acids is 1. The van der Waals surface area contributed by atoms with Gasteiger partial charge in [-0.25, -0.2) is 4.79 Å². The SMILES string of the molecule is CSCCC(NC(=O)C(NC(=O)C(N)Cc1c[nH]c2ccccc12)C(C)O)C(=O)NC(Cc1ccccc1)C(=O)O. The smallest absolute Gasteiger partial charge is 0.326 e. The highest BCUT2D eigenvalue weighted by molar-refractivity contribution is 7.98. The van der Waals surface area contributed by atoms with Crippen molar-refractivity contribution in [1.29, 1.82) is 0 Å². The zero-order valence-corrected chi connectivity index (χ0v) is 23.8. The summed E-state index contributed by atoms with van der Waals surface area (Å²) in [5, 5.41) is 28.5. The Morgan fingerprint density at radius 2 is 1.56 bits per heavy atom. The van der Waals surface area contributed by atoms with Crippen LogP contribution in [0.3, 0.4) is 0 Å². The van der Waals surface area contributed by atoms with Crippen molar-refractivity contribution in [2.75, 3.05) is 12.0 Å². The first-order valence-electron chi connectivity index (χ1n) is 13.3. The van der Waals surface area contributed by atoms with Gasteiger partial charge in [0.2, 0.25) is 17.7 Å². The molecule has 220 valence electrons. The lowest BCUT2D eigenvalue weighted by Crippen LogP contribution is -2.60. The molecule has 5 atom stereocenters. The number of rotatable bonds is 15. The first kappa shape index (κ1) is 31.7. The van der Waals surface area contributed by atoms with Crippen LogP contribution < -0.4 is 21.7 Å². The quantitative estimate of drug-likeness (QED) is 0.138. The van der Waals surface area contributed by atoms with Gasteiger partial charge in [0.05, 0.1) is 12.1 Å². The average Bonchev–Trinajstić information content (AvgIpc) is 3.36. The van der Waals surface area contributed by atoms with Gasteiger partial charge < -0.3 is 36.9 Å². The molecule has 3 aromatic rings. The van der Waals surface area contributed by atoms with Gasteiger partial charge in [-0.15, -0.1) is 0 Å². The first-order chi connectivity index (χ1) is 19.6. The number of aromatic amines is 1. The van der Waals surface area contributed by atoms with Crippen LogP contribution in [-0.4, -0.2) is 81.2 Å². The number of thioether (sulfide) groups is 1. The fourth-order valence-corrected chi connectivity index (χ4v) is 4.86. The number of aliphatic hydroxyl groups is 1. The molecule has 8 N–H and O–H groups in total. The van der Waals surface area contributed by atoms with Gasteiger partial charge in [0.15, 0.2) is 0 Å². The second-order valence-electron chi connectivity index (χ2n) is 9.83. The number of amides is 3. The van der Waals surface area contributed by atoms with Crippen LogP contribution in [-0.2, 0) is 32.0 Å². The fraction of sp³-hybridized carbons (Fsp3) is 0.379. The summed E-state index contributed by atoms with van der Waals surface area (Å²) in [6.45, 7) is 1.34. The van der Waals surface area contributed by atoms with E-state index < -0.39 is 54.0 Å². The molecule has 11 nitrogen and oxygen atoms in total. The van der Waals surface area contributed by atoms with E-state index in [0.29, 0.717) is 5.75 Å². The number of carboxylic acids is 1. The van der Waals surface area contributed by atoms with E-state index in [1.165, 1.54) is 18.7 Å². The molecule has 12 heteroatoms. The molecule has 0 saturated heterocycles. The number of benzene rings is 2. The summed E-state index contributed by atoms with van der Waals surface area (Å²) in [6, 6.07) is 11.7. The van der Waals surface area contributed by atoms with E-state index >= 15 is 0 Å². The minimum atomic E-state index is -1.39. The molecule has 3 amide bonds. The number of nitrogens with two attached hydrogens (primary N) is 1. The third-order valence-corrected chi connectivity index (χ3v) is 7.30. The number of nitrogens with one attached hydrogen (secondary N) is 4. The Morgan fingerprint density at radius 3 is 2.22 bits per heavy atom. The molecule has 5 unspecified atom stereocenters. The van der Waals surface area contributed by atoms with E-state index in [2.05, 4.69) is 20.9 Å². The lowest BCUT2D eigenvalue weighted by atomic mass is 10.0. The molecular weight excluding hydrogens is 546 g/mol. The van der Waals surface area contributed by atoms with Crippen molar-refractivity contribution in [1.82, 2.24) is 20.9 Å². The lowest BCUT2D eigenvalue weighted by Gasteiger charge is -2.26. The monoisotopic (exact) mass is 583 g/mol. The Bertz CT molecular complexity index is 1330. The second kappa shape index (κ2) is 15.2. The van der Waals surface area contributed by atoms with Crippen LogP contribution >= 0.6 is 11.8 Å². The standard InChI is InChI=1S/C29H37N5O6S/c1-17(35)25(34-26(36)21(30)15-19-16-31-22-11-7-6-10-20(19)22)28(38)32-23(12-13-41-2)27(37)33-24(29(39)40)14-18-8-4-3-5-9-18/h3-11,16-17,21,23-25,31,35H,12-15,30H2,1-2H3,(H,32,38)(H,33,37)(H,34,36)(H,39,40). The number of aromatic nitrogens is 1. The van der Waals surface area contributed by atoms with Crippen LogP contribution in [0, 0.1) is 0 Å². The molecule has 0 aliphatic heterocycles. The molecule has 2 aromatic carbocycles. The van der Waals surface area contributed by atoms with Gasteiger partial charge in [0, 0.05) is 23.5 Å². The van der Waals surface area contributed by atoms with Crippen molar-refractivity contribution in [2.24, 2.45) is 5.73 Å². The summed E-state index contributed by atoms with van der Waals surface area (Å²) in [4.78, 5) is 54.2. The Balaban J connectivity index is 1.66. The van der Waals surface area contributed by atoms with Gasteiger partial charge >= 0.3 is 5.97 Å². The topological polar surface area (TPSA) is 187 Å². The third kappa shape index (κ3) is 9.07. The molecule has 0 saturated carbocycles. The number of carbonyl (C=O) groups is 4. The normalized spacial score (nSPS) is 14.8. The molecule has 0 fully saturated rings. The second-order valence-corrected chi connectivity index (χ2v) is 10.8. The van der Waals surface area contributed by atoms with Gasteiger partial charge in [-0.3, -0.25) is 14.4 Å². The van der Waals surface area contributed by atoms with Crippen molar-refractivity contribution in [3.8, 4) is 0 Å². The predicted molar refractivity (Wildman–Crippen MR) is 158 cm³/mol. The van der Waals surface area contributed by atoms with E-state index in [1.54, 1.807) is 36.5 Å². The summed E-state index contributed by atoms with van der Waals surface area (Å²) in [6.07, 6.45) is 2.77. The van der Waals surface area contributed by atoms with E-state index in [0.717, 1.165) is 22.0 Å². The summed E-state index contributed by atoms with van der Waals surface area (Å²) in [5.74, 6) is -2.83. The van der Waals surface area contributed by atoms with Crippen LogP contribution in [0.5, 0.6) is 0 Å². The van der Waals surface area contributed by atoms with Gasteiger partial charge in [-0.2, -0.15) is 11.8 Å². The van der Waals surface area contributed by atoms with Crippen molar-refractivity contribution < 1.29 is 29.4 Å². The van der Waals surface area contributed by atoms with Gasteiger partial charge in [0.25, 0.3) is 0 Å². The molecule has 41 heavy (non-hydrogen) atoms. The van der Waals surface area contributed by atoms with Crippen molar-refractivity contribution in [3.05, 3.63) is 71.9 Å². The van der Waals surface area contributed by atoms with E-state index in [4.69, 9.17) is 5.73 Å². The number of hydrogen-bond acceptors (Lipinski definition) is 7. The highest BCUT2D eigenvalue weighted by Gasteiger charge is 2.32. The zero-order chi connectivity index (χ0) is 29.9. The minimum absolute atomic E-state index is 0.0613. The summed E-state index contributed by atoms with van der Waals surface area (Å²) < 4.78 is 0. The first-order valence-corrected chi connectivity index (χ1v) is 14.7. The van der Waals surface area contributed by atoms with Gasteiger partial charge in [0.1, 0.15) is 18.1 Å². The van der Waals surface area contributed by atoms with Crippen LogP contribution in [0.1, 0.15) is 24.5 Å². The number of fused-ring (bicyclic) bond motifs is 1. The number of H-pyrrole nitrogens is 1. The Morgan fingerprint density at radius 1 is 0.902 bits per heavy atom. The largest absolute Gasteiger partial charge is 0.480 e. The van der Waals surface area contributed by atoms with Crippen molar-refractivity contribution in [3.63, 3.8) is 0 Å². The molecule has 1 heterocycles. The molecule has 0 spiro atoms. The molecule has 0 bridgehead atoms. The van der Waals surface area contributed by atoms with Crippen molar-refractivity contribution >= 4 is 46.4 Å².